The van der Waals surface area contributed by atoms with Crippen molar-refractivity contribution in [2.75, 3.05) is 13.1 Å². The van der Waals surface area contributed by atoms with Gasteiger partial charge in [-0.25, -0.2) is 8.42 Å². The van der Waals surface area contributed by atoms with Gasteiger partial charge in [0.15, 0.2) is 5.82 Å². The molecule has 4 heterocycles. The Morgan fingerprint density at radius 3 is 2.89 bits per heavy atom. The fraction of sp³-hybridized carbons (Fsp3) is 0.471. The molecule has 27 heavy (non-hydrogen) atoms. The first-order chi connectivity index (χ1) is 12.9. The molecule has 1 aliphatic heterocycles. The number of nitrogens with zero attached hydrogens (tertiary/aromatic N) is 4. The van der Waals surface area contributed by atoms with E-state index in [-0.39, 0.29) is 11.8 Å². The minimum Gasteiger partial charge on any atom is -0.339 e. The zero-order chi connectivity index (χ0) is 19.0. The molecule has 0 bridgehead atoms. The average Bonchev–Trinajstić information content (AvgIpc) is 3.42. The van der Waals surface area contributed by atoms with Gasteiger partial charge in [0.25, 0.3) is 10.0 Å². The van der Waals surface area contributed by atoms with Crippen molar-refractivity contribution in [2.45, 2.75) is 42.7 Å². The zero-order valence-electron chi connectivity index (χ0n) is 15.1. The van der Waals surface area contributed by atoms with Crippen LogP contribution in [0.15, 0.2) is 33.1 Å². The van der Waals surface area contributed by atoms with E-state index in [4.69, 9.17) is 4.52 Å². The number of nitrogens with one attached hydrogen (secondary N) is 1. The summed E-state index contributed by atoms with van der Waals surface area (Å²) in [4.78, 5) is 5.30. The Kier molecular flexibility index (Phi) is 4.87. The average molecular weight is 408 g/mol. The summed E-state index contributed by atoms with van der Waals surface area (Å²) >= 11 is 1.24. The van der Waals surface area contributed by atoms with Gasteiger partial charge in [-0.1, -0.05) is 19.0 Å². The molecule has 1 aliphatic rings. The van der Waals surface area contributed by atoms with Crippen LogP contribution in [0.3, 0.4) is 0 Å². The molecule has 8 nitrogen and oxygen atoms in total. The number of rotatable bonds is 5. The van der Waals surface area contributed by atoms with Crippen LogP contribution in [0.2, 0.25) is 0 Å². The van der Waals surface area contributed by atoms with E-state index in [1.807, 2.05) is 19.9 Å². The predicted molar refractivity (Wildman–Crippen MR) is 101 cm³/mol. The third-order valence-electron chi connectivity index (χ3n) is 4.65. The summed E-state index contributed by atoms with van der Waals surface area (Å²) in [6.07, 6.45) is 3.26. The summed E-state index contributed by atoms with van der Waals surface area (Å²) in [5, 5.41) is 10.8. The van der Waals surface area contributed by atoms with Gasteiger partial charge >= 0.3 is 0 Å². The van der Waals surface area contributed by atoms with Gasteiger partial charge < -0.3 is 4.52 Å². The first kappa shape index (κ1) is 18.3. The molecule has 0 radical (unpaired) electrons. The summed E-state index contributed by atoms with van der Waals surface area (Å²) in [6.45, 7) is 4.86. The first-order valence-corrected chi connectivity index (χ1v) is 11.1. The molecular formula is C17H21N5O3S2. The molecular weight excluding hydrogens is 386 g/mol. The van der Waals surface area contributed by atoms with Gasteiger partial charge in [0.05, 0.1) is 16.5 Å². The summed E-state index contributed by atoms with van der Waals surface area (Å²) in [6, 6.07) is 5.28. The molecule has 3 aromatic heterocycles. The number of hydrogen-bond donors (Lipinski definition) is 1. The fourth-order valence-electron chi connectivity index (χ4n) is 3.13. The highest BCUT2D eigenvalue weighted by atomic mass is 32.2. The van der Waals surface area contributed by atoms with Gasteiger partial charge in [-0.05, 0) is 31.0 Å². The van der Waals surface area contributed by atoms with Crippen LogP contribution >= 0.6 is 11.3 Å². The van der Waals surface area contributed by atoms with E-state index in [2.05, 4.69) is 20.3 Å². The van der Waals surface area contributed by atoms with Gasteiger partial charge in [-0.2, -0.15) is 14.4 Å². The number of piperidine rings is 1. The van der Waals surface area contributed by atoms with Crippen molar-refractivity contribution in [1.29, 1.82) is 0 Å². The van der Waals surface area contributed by atoms with Crippen molar-refractivity contribution in [3.63, 3.8) is 0 Å². The molecule has 3 aromatic rings. The Morgan fingerprint density at radius 2 is 2.19 bits per heavy atom. The number of aromatic nitrogens is 4. The van der Waals surface area contributed by atoms with Crippen molar-refractivity contribution in [3.05, 3.63) is 36.1 Å². The monoisotopic (exact) mass is 407 g/mol. The molecule has 0 amide bonds. The normalized spacial score (nSPS) is 19.0. The minimum absolute atomic E-state index is 0.0689. The van der Waals surface area contributed by atoms with Crippen LogP contribution in [0.5, 0.6) is 0 Å². The molecule has 4 rings (SSSR count). The lowest BCUT2D eigenvalue weighted by atomic mass is 10.00. The number of H-pyrrole nitrogens is 1. The lowest BCUT2D eigenvalue weighted by molar-refractivity contribution is 0.265. The molecule has 1 saturated heterocycles. The van der Waals surface area contributed by atoms with E-state index in [0.717, 1.165) is 23.4 Å². The second kappa shape index (κ2) is 7.17. The van der Waals surface area contributed by atoms with E-state index < -0.39 is 10.0 Å². The third kappa shape index (κ3) is 3.56. The highest BCUT2D eigenvalue weighted by molar-refractivity contribution is 7.91. The van der Waals surface area contributed by atoms with E-state index in [1.54, 1.807) is 18.3 Å². The van der Waals surface area contributed by atoms with Crippen molar-refractivity contribution in [3.8, 4) is 10.6 Å². The maximum absolute atomic E-state index is 13.1. The lowest BCUT2D eigenvalue weighted by Crippen LogP contribution is -2.38. The van der Waals surface area contributed by atoms with Gasteiger partial charge in [-0.3, -0.25) is 5.10 Å². The van der Waals surface area contributed by atoms with E-state index >= 15 is 0 Å². The summed E-state index contributed by atoms with van der Waals surface area (Å²) in [5.41, 5.74) is 0.810. The molecule has 0 saturated carbocycles. The molecule has 1 unspecified atom stereocenters. The second-order valence-corrected chi connectivity index (χ2v) is 10.2. The standard InChI is InChI=1S/C17H21N5O3S2/c1-11(2)16-19-17(25-21-16)12-4-3-9-22(10-12)27(23,24)15-6-5-14(26-15)13-7-8-18-20-13/h5-8,11-12H,3-4,9-10H2,1-2H3,(H,18,20). The number of thiophene rings is 1. The Balaban J connectivity index is 1.54. The first-order valence-electron chi connectivity index (χ1n) is 8.88. The smallest absolute Gasteiger partial charge is 0.252 e. The van der Waals surface area contributed by atoms with Crippen LogP contribution in [-0.2, 0) is 10.0 Å². The van der Waals surface area contributed by atoms with E-state index in [9.17, 15) is 8.42 Å². The van der Waals surface area contributed by atoms with E-state index in [0.29, 0.717) is 29.0 Å². The van der Waals surface area contributed by atoms with Crippen molar-refractivity contribution in [1.82, 2.24) is 24.6 Å². The van der Waals surface area contributed by atoms with Crippen LogP contribution in [0, 0.1) is 0 Å². The van der Waals surface area contributed by atoms with Gasteiger partial charge in [0, 0.05) is 25.2 Å². The molecule has 1 fully saturated rings. The summed E-state index contributed by atoms with van der Waals surface area (Å²) in [7, 11) is -3.56. The fourth-order valence-corrected chi connectivity index (χ4v) is 6.09. The largest absolute Gasteiger partial charge is 0.339 e. The number of sulfonamides is 1. The highest BCUT2D eigenvalue weighted by Gasteiger charge is 2.34. The Morgan fingerprint density at radius 1 is 1.33 bits per heavy atom. The molecule has 144 valence electrons. The summed E-state index contributed by atoms with van der Waals surface area (Å²) in [5.74, 6) is 1.30. The van der Waals surface area contributed by atoms with Gasteiger partial charge in [0.1, 0.15) is 4.21 Å². The maximum Gasteiger partial charge on any atom is 0.252 e. The van der Waals surface area contributed by atoms with Gasteiger partial charge in [0.2, 0.25) is 5.89 Å². The van der Waals surface area contributed by atoms with E-state index in [1.165, 1.54) is 15.6 Å². The molecule has 0 aromatic carbocycles. The molecule has 0 spiro atoms. The molecule has 10 heteroatoms. The lowest BCUT2D eigenvalue weighted by Gasteiger charge is -2.29. The Labute approximate surface area is 161 Å². The minimum atomic E-state index is -3.56. The second-order valence-electron chi connectivity index (χ2n) is 6.94. The number of aromatic amines is 1. The summed E-state index contributed by atoms with van der Waals surface area (Å²) < 4.78 is 33.5. The van der Waals surface area contributed by atoms with Crippen molar-refractivity contribution >= 4 is 21.4 Å². The topological polar surface area (TPSA) is 105 Å². The van der Waals surface area contributed by atoms with Crippen LogP contribution in [0.4, 0.5) is 0 Å². The van der Waals surface area contributed by atoms with Crippen LogP contribution in [0.25, 0.3) is 10.6 Å². The number of hydrogen-bond acceptors (Lipinski definition) is 7. The van der Waals surface area contributed by atoms with Crippen molar-refractivity contribution in [2.24, 2.45) is 0 Å². The Hall–Kier alpha value is -2.04. The van der Waals surface area contributed by atoms with Gasteiger partial charge in [-0.15, -0.1) is 11.3 Å². The maximum atomic E-state index is 13.1. The molecule has 1 N–H and O–H groups in total. The van der Waals surface area contributed by atoms with Crippen LogP contribution < -0.4 is 0 Å². The van der Waals surface area contributed by atoms with Crippen molar-refractivity contribution < 1.29 is 12.9 Å². The highest BCUT2D eigenvalue weighted by Crippen LogP contribution is 2.34. The quantitative estimate of drug-likeness (QED) is 0.696. The third-order valence-corrected chi connectivity index (χ3v) is 8.10. The van der Waals surface area contributed by atoms with Crippen LogP contribution in [-0.4, -0.2) is 46.2 Å². The Bertz CT molecular complexity index is 1010. The molecule has 1 atom stereocenters. The van der Waals surface area contributed by atoms with Crippen LogP contribution in [0.1, 0.15) is 50.2 Å². The molecule has 0 aliphatic carbocycles. The SMILES string of the molecule is CC(C)c1noc(C2CCCN(S(=O)(=O)c3ccc(-c4ccn[nH]4)s3)C2)n1. The predicted octanol–water partition coefficient (Wildman–Crippen LogP) is 3.21. The zero-order valence-corrected chi connectivity index (χ0v) is 16.8.